The van der Waals surface area contributed by atoms with Crippen molar-refractivity contribution in [3.05, 3.63) is 267 Å². The zero-order valence-corrected chi connectivity index (χ0v) is 36.3. The van der Waals surface area contributed by atoms with Gasteiger partial charge in [-0.15, -0.1) is 0 Å². The minimum atomic E-state index is 1.08. The molecule has 0 saturated carbocycles. The van der Waals surface area contributed by atoms with Crippen LogP contribution in [0.1, 0.15) is 0 Å². The van der Waals surface area contributed by atoms with E-state index in [4.69, 9.17) is 0 Å². The zero-order chi connectivity index (χ0) is 43.8. The van der Waals surface area contributed by atoms with Crippen molar-refractivity contribution in [2.24, 2.45) is 0 Å². The Hall–Kier alpha value is -8.72. The molecule has 0 saturated heterocycles. The van der Waals surface area contributed by atoms with Gasteiger partial charge in [-0.25, -0.2) is 0 Å². The molecule has 11 aromatic carbocycles. The summed E-state index contributed by atoms with van der Waals surface area (Å²) in [6, 6.07) is 96.9. The summed E-state index contributed by atoms with van der Waals surface area (Å²) in [7, 11) is 0. The van der Waals surface area contributed by atoms with Crippen molar-refractivity contribution in [2.45, 2.75) is 0 Å². The molecule has 0 fully saturated rings. The number of aromatic nitrogens is 1. The third kappa shape index (κ3) is 7.02. The predicted octanol–water partition coefficient (Wildman–Crippen LogP) is 17.7. The molecule has 2 heteroatoms. The fourth-order valence-corrected chi connectivity index (χ4v) is 9.84. The number of hydrogen-bond donors (Lipinski definition) is 0. The summed E-state index contributed by atoms with van der Waals surface area (Å²) in [6.45, 7) is 0. The van der Waals surface area contributed by atoms with Crippen LogP contribution in [0.5, 0.6) is 0 Å². The Morgan fingerprint density at radius 3 is 1.42 bits per heavy atom. The van der Waals surface area contributed by atoms with Gasteiger partial charge >= 0.3 is 0 Å². The van der Waals surface area contributed by atoms with Gasteiger partial charge in [0.1, 0.15) is 0 Å². The largest absolute Gasteiger partial charge is 0.310 e. The van der Waals surface area contributed by atoms with Gasteiger partial charge < -0.3 is 9.47 Å². The first-order chi connectivity index (χ1) is 32.7. The van der Waals surface area contributed by atoms with Crippen LogP contribution in [0.2, 0.25) is 0 Å². The van der Waals surface area contributed by atoms with Crippen molar-refractivity contribution in [3.8, 4) is 61.3 Å². The van der Waals surface area contributed by atoms with E-state index in [0.717, 1.165) is 33.9 Å². The van der Waals surface area contributed by atoms with Crippen molar-refractivity contribution in [2.75, 3.05) is 4.90 Å². The van der Waals surface area contributed by atoms with Gasteiger partial charge in [0, 0.05) is 33.4 Å². The maximum Gasteiger partial charge on any atom is 0.0547 e. The van der Waals surface area contributed by atoms with Crippen LogP contribution in [0.25, 0.3) is 93.9 Å². The Morgan fingerprint density at radius 2 is 0.727 bits per heavy atom. The average Bonchev–Trinajstić information content (AvgIpc) is 3.73. The molecule has 0 N–H and O–H groups in total. The summed E-state index contributed by atoms with van der Waals surface area (Å²) >= 11 is 0. The van der Waals surface area contributed by atoms with Gasteiger partial charge in [-0.1, -0.05) is 206 Å². The highest BCUT2D eigenvalue weighted by atomic mass is 15.1. The first-order valence-electron chi connectivity index (χ1n) is 22.7. The van der Waals surface area contributed by atoms with Gasteiger partial charge in [-0.05, 0) is 122 Å². The number of rotatable bonds is 9. The molecule has 0 radical (unpaired) electrons. The molecule has 0 atom stereocenters. The number of nitrogens with zero attached hydrogens (tertiary/aromatic N) is 2. The highest BCUT2D eigenvalue weighted by Crippen LogP contribution is 2.46. The molecule has 1 heterocycles. The van der Waals surface area contributed by atoms with Gasteiger partial charge in [0.25, 0.3) is 0 Å². The molecule has 0 aliphatic carbocycles. The molecule has 12 rings (SSSR count). The SMILES string of the molecule is c1ccc(-c2ccccc2-c2ccccc2-c2ccccc2N(c2ccc(-c3ccc4ccccc4c3)cc2)c2ccc(-c3ccc4c5ccccc5n(-c5ccccc5)c4c3)cc2)cc1. The Bertz CT molecular complexity index is 3680. The normalized spacial score (nSPS) is 11.3. The third-order valence-electron chi connectivity index (χ3n) is 13.0. The minimum absolute atomic E-state index is 1.08. The first kappa shape index (κ1) is 38.9. The Morgan fingerprint density at radius 1 is 0.258 bits per heavy atom. The lowest BCUT2D eigenvalue weighted by atomic mass is 9.88. The number of para-hydroxylation sites is 3. The summed E-state index contributed by atoms with van der Waals surface area (Å²) in [5, 5.41) is 4.98. The molecule has 1 aromatic heterocycles. The van der Waals surface area contributed by atoms with Gasteiger partial charge in [-0.2, -0.15) is 0 Å². The first-order valence-corrected chi connectivity index (χ1v) is 22.7. The van der Waals surface area contributed by atoms with E-state index in [2.05, 4.69) is 276 Å². The van der Waals surface area contributed by atoms with E-state index in [1.54, 1.807) is 0 Å². The standard InChI is InChI=1S/C64H44N2/c1-3-18-48(19-4-1)55-23-9-10-24-56(55)57-25-11-12-26-58(57)59-27-13-15-29-62(59)65(53-38-33-46(34-39-53)50-32-31-45-17-7-8-20-49(45)43-50)54-40-35-47(36-41-54)51-37-42-61-60-28-14-16-30-63(60)66(64(61)44-51)52-21-5-2-6-22-52/h1-44H. The van der Waals surface area contributed by atoms with Crippen LogP contribution in [0.4, 0.5) is 17.1 Å². The summed E-state index contributed by atoms with van der Waals surface area (Å²) < 4.78 is 2.39. The summed E-state index contributed by atoms with van der Waals surface area (Å²) in [5.74, 6) is 0. The lowest BCUT2D eigenvalue weighted by Gasteiger charge is -2.29. The average molecular weight is 841 g/mol. The van der Waals surface area contributed by atoms with Crippen LogP contribution in [0, 0.1) is 0 Å². The Balaban J connectivity index is 0.992. The molecular formula is C64H44N2. The molecule has 0 bridgehead atoms. The van der Waals surface area contributed by atoms with Crippen LogP contribution >= 0.6 is 0 Å². The molecule has 66 heavy (non-hydrogen) atoms. The van der Waals surface area contributed by atoms with Gasteiger partial charge in [0.05, 0.1) is 16.7 Å². The summed E-state index contributed by atoms with van der Waals surface area (Å²) in [5.41, 5.74) is 18.6. The maximum absolute atomic E-state index is 2.42. The third-order valence-corrected chi connectivity index (χ3v) is 13.0. The molecule has 0 aliphatic rings. The second-order valence-corrected chi connectivity index (χ2v) is 16.9. The Labute approximate surface area is 385 Å². The van der Waals surface area contributed by atoms with Crippen LogP contribution in [0.3, 0.4) is 0 Å². The minimum Gasteiger partial charge on any atom is -0.310 e. The molecule has 310 valence electrons. The van der Waals surface area contributed by atoms with Crippen LogP contribution < -0.4 is 4.90 Å². The topological polar surface area (TPSA) is 8.17 Å². The zero-order valence-electron chi connectivity index (χ0n) is 36.3. The van der Waals surface area contributed by atoms with Crippen LogP contribution in [-0.2, 0) is 0 Å². The maximum atomic E-state index is 2.42. The second-order valence-electron chi connectivity index (χ2n) is 16.9. The Kier molecular flexibility index (Phi) is 9.89. The number of benzene rings is 11. The number of hydrogen-bond acceptors (Lipinski definition) is 1. The van der Waals surface area contributed by atoms with Gasteiger partial charge in [-0.3, -0.25) is 0 Å². The van der Waals surface area contributed by atoms with Crippen molar-refractivity contribution < 1.29 is 0 Å². The molecule has 12 aromatic rings. The fourth-order valence-electron chi connectivity index (χ4n) is 9.84. The molecular weight excluding hydrogens is 797 g/mol. The summed E-state index contributed by atoms with van der Waals surface area (Å²) in [4.78, 5) is 2.42. The highest BCUT2D eigenvalue weighted by molar-refractivity contribution is 6.10. The van der Waals surface area contributed by atoms with E-state index in [9.17, 15) is 0 Å². The number of fused-ring (bicyclic) bond motifs is 4. The van der Waals surface area contributed by atoms with E-state index >= 15 is 0 Å². The smallest absolute Gasteiger partial charge is 0.0547 e. The van der Waals surface area contributed by atoms with Gasteiger partial charge in [0.2, 0.25) is 0 Å². The van der Waals surface area contributed by atoms with Crippen molar-refractivity contribution in [3.63, 3.8) is 0 Å². The van der Waals surface area contributed by atoms with E-state index < -0.39 is 0 Å². The molecule has 0 spiro atoms. The van der Waals surface area contributed by atoms with Gasteiger partial charge in [0.15, 0.2) is 0 Å². The predicted molar refractivity (Wildman–Crippen MR) is 280 cm³/mol. The monoisotopic (exact) mass is 840 g/mol. The van der Waals surface area contributed by atoms with E-state index in [1.807, 2.05) is 0 Å². The van der Waals surface area contributed by atoms with Crippen molar-refractivity contribution in [1.82, 2.24) is 4.57 Å². The highest BCUT2D eigenvalue weighted by Gasteiger charge is 2.21. The molecule has 0 amide bonds. The van der Waals surface area contributed by atoms with Crippen molar-refractivity contribution in [1.29, 1.82) is 0 Å². The number of anilines is 3. The second kappa shape index (κ2) is 16.8. The molecule has 0 unspecified atom stereocenters. The lowest BCUT2D eigenvalue weighted by molar-refractivity contribution is 1.18. The fraction of sp³-hybridized carbons (Fsp3) is 0. The summed E-state index contributed by atoms with van der Waals surface area (Å²) in [6.07, 6.45) is 0. The lowest BCUT2D eigenvalue weighted by Crippen LogP contribution is -2.11. The van der Waals surface area contributed by atoms with E-state index in [1.165, 1.54) is 77.1 Å². The molecule has 2 nitrogen and oxygen atoms in total. The van der Waals surface area contributed by atoms with Crippen LogP contribution in [-0.4, -0.2) is 4.57 Å². The molecule has 0 aliphatic heterocycles. The van der Waals surface area contributed by atoms with E-state index in [0.29, 0.717) is 0 Å². The van der Waals surface area contributed by atoms with E-state index in [-0.39, 0.29) is 0 Å². The van der Waals surface area contributed by atoms with Crippen LogP contribution in [0.15, 0.2) is 267 Å². The quantitative estimate of drug-likeness (QED) is 0.141. The van der Waals surface area contributed by atoms with Crippen molar-refractivity contribution >= 4 is 49.6 Å².